The number of aryl methyl sites for hydroxylation is 2. The molecular formula is C80H66N6O10S4. The summed E-state index contributed by atoms with van der Waals surface area (Å²) in [7, 11) is 0. The van der Waals surface area contributed by atoms with Gasteiger partial charge in [0.2, 0.25) is 11.2 Å². The molecule has 0 saturated carbocycles. The first-order chi connectivity index (χ1) is 48.9. The molecule has 0 spiro atoms. The molecule has 0 fully saturated rings. The highest BCUT2D eigenvalue weighted by Crippen LogP contribution is 2.57. The average molecular weight is 1400 g/mol. The predicted octanol–water partition coefficient (Wildman–Crippen LogP) is 21.6. The molecule has 1 aliphatic rings. The summed E-state index contributed by atoms with van der Waals surface area (Å²) in [5.41, 5.74) is 15.0. The van der Waals surface area contributed by atoms with Crippen LogP contribution in [-0.2, 0) is 45.1 Å². The topological polar surface area (TPSA) is 221 Å². The molecule has 13 aromatic rings. The van der Waals surface area contributed by atoms with Gasteiger partial charge in [0.15, 0.2) is 17.3 Å². The molecule has 4 aromatic heterocycles. The van der Waals surface area contributed by atoms with Crippen molar-refractivity contribution in [2.24, 2.45) is 8.73 Å². The third-order valence-corrected chi connectivity index (χ3v) is 21.1. The van der Waals surface area contributed by atoms with E-state index in [9.17, 15) is 34.8 Å². The van der Waals surface area contributed by atoms with E-state index in [1.165, 1.54) is 56.5 Å². The van der Waals surface area contributed by atoms with Crippen molar-refractivity contribution in [3.63, 3.8) is 0 Å². The summed E-state index contributed by atoms with van der Waals surface area (Å²) in [4.78, 5) is 49.5. The van der Waals surface area contributed by atoms with E-state index in [-0.39, 0.29) is 17.8 Å². The van der Waals surface area contributed by atoms with Crippen LogP contribution in [0.3, 0.4) is 0 Å². The molecule has 16 nitrogen and oxygen atoms in total. The van der Waals surface area contributed by atoms with Gasteiger partial charge in [-0.25, -0.2) is 9.59 Å². The van der Waals surface area contributed by atoms with E-state index in [2.05, 4.69) is 133 Å². The van der Waals surface area contributed by atoms with Crippen molar-refractivity contribution in [1.29, 1.82) is 0 Å². The standard InChI is InChI=1S/C80H66N6O10S4/c1-3-5-7-12-20-52-43-65(49-30-37-58(38-31-49)85(54-22-14-9-15-23-54)55-24-16-10-17-25-55)97-77(52)68-70-72(83-99-81-70)69(73-71(68)82-100-84-73)78-53(21-13-8-6-4-2)44-66(98-78)50-32-39-59(40-33-50)86(56-26-18-11-19-27-56)57-35-28-48(29-36-57)47-94-79(92)80(93)96-76-74(91)67-63(90)45-60(87)46-64(67)95-75(76)51-34-41-61(88)62(89)42-51/h9-11,14-19,22-46,87-90H,3-8,12-13,20-21,47H2,1-2H3. The fraction of sp³-hybridized carbons (Fsp3) is 0.163. The normalized spacial score (nSPS) is 11.7. The van der Waals surface area contributed by atoms with E-state index in [1.54, 1.807) is 34.8 Å². The van der Waals surface area contributed by atoms with Gasteiger partial charge in [0.25, 0.3) is 0 Å². The number of ether oxygens (including phenoxy) is 2. The Kier molecular flexibility index (Phi) is 19.6. The first-order valence-electron chi connectivity index (χ1n) is 33.1. The fourth-order valence-corrected chi connectivity index (χ4v) is 16.2. The Labute approximate surface area is 592 Å². The van der Waals surface area contributed by atoms with Gasteiger partial charge in [-0.2, -0.15) is 17.5 Å². The Morgan fingerprint density at radius 2 is 0.960 bits per heavy atom. The van der Waals surface area contributed by atoms with Gasteiger partial charge in [0.05, 0.1) is 34.2 Å². The van der Waals surface area contributed by atoms with Gasteiger partial charge in [-0.1, -0.05) is 143 Å². The van der Waals surface area contributed by atoms with Crippen LogP contribution in [0.4, 0.5) is 45.5 Å². The number of phenolic OH excluding ortho intramolecular Hbond substituents is 4. The number of phenols is 4. The maximum atomic E-state index is 13.8. The number of rotatable bonds is 24. The quantitative estimate of drug-likeness (QED) is 0.0191. The van der Waals surface area contributed by atoms with Crippen molar-refractivity contribution < 1.29 is 43.9 Å². The number of fused-ring (bicyclic) bond motifs is 3. The van der Waals surface area contributed by atoms with E-state index in [1.807, 2.05) is 54.6 Å². The smallest absolute Gasteiger partial charge is 0.423 e. The zero-order chi connectivity index (χ0) is 68.8. The molecule has 1 aliphatic heterocycles. The molecule has 0 atom stereocenters. The van der Waals surface area contributed by atoms with E-state index in [0.717, 1.165) is 171 Å². The Hall–Kier alpha value is -11.0. The lowest BCUT2D eigenvalue weighted by Gasteiger charge is -2.25. The molecule has 5 heterocycles. The zero-order valence-corrected chi connectivity index (χ0v) is 57.7. The van der Waals surface area contributed by atoms with Crippen LogP contribution in [0.1, 0.15) is 81.9 Å². The highest BCUT2D eigenvalue weighted by Gasteiger charge is 2.32. The molecule has 0 radical (unpaired) electrons. The van der Waals surface area contributed by atoms with E-state index in [4.69, 9.17) is 31.4 Å². The van der Waals surface area contributed by atoms with Gasteiger partial charge in [0.1, 0.15) is 51.5 Å². The largest absolute Gasteiger partial charge is 0.508 e. The number of aromatic nitrogens is 2. The number of aromatic hydroxyl groups is 4. The molecular weight excluding hydrogens is 1330 g/mol. The van der Waals surface area contributed by atoms with Gasteiger partial charge in [-0.05, 0) is 157 Å². The van der Waals surface area contributed by atoms with E-state index in [0.29, 0.717) is 5.56 Å². The number of nitrogens with zero attached hydrogens (tertiary/aromatic N) is 6. The number of para-hydroxylation sites is 3. The van der Waals surface area contributed by atoms with Gasteiger partial charge in [-0.15, -0.1) is 22.7 Å². The lowest BCUT2D eigenvalue weighted by Crippen LogP contribution is -2.25. The van der Waals surface area contributed by atoms with Crippen molar-refractivity contribution in [1.82, 2.24) is 8.75 Å². The summed E-state index contributed by atoms with van der Waals surface area (Å²) in [5, 5.41) is 40.5. The van der Waals surface area contributed by atoms with Crippen LogP contribution in [0.15, 0.2) is 224 Å². The molecule has 9 aromatic carbocycles. The van der Waals surface area contributed by atoms with Crippen molar-refractivity contribution in [3.05, 3.63) is 233 Å². The molecule has 0 bridgehead atoms. The summed E-state index contributed by atoms with van der Waals surface area (Å²) in [6, 6.07) is 65.7. The summed E-state index contributed by atoms with van der Waals surface area (Å²) in [6.07, 6.45) is 10.8. The van der Waals surface area contributed by atoms with Crippen molar-refractivity contribution in [2.75, 3.05) is 9.80 Å². The van der Waals surface area contributed by atoms with Crippen LogP contribution in [0, 0.1) is 0 Å². The number of benzene rings is 9. The second kappa shape index (κ2) is 29.6. The van der Waals surface area contributed by atoms with Crippen LogP contribution >= 0.6 is 34.4 Å². The van der Waals surface area contributed by atoms with Crippen LogP contribution in [-0.4, -0.2) is 41.1 Å². The Bertz CT molecular complexity index is 5270. The SMILES string of the molecule is CCCCCCc1cc(-c2ccc(N(c3ccccc3)c3ccccc3)cc2)sc1-c1c2c(c(-c3sc(-c4ccc(N(c5ccccc5)c5ccc(COC(=O)C(=O)Oc6c(-c7ccc(O)c(O)c7)oc7cc(O)cc(O)c7c6=O)cc5)cc4)cc3CCCCCC)c3nsnc13)N=S=N2. The maximum absolute atomic E-state index is 13.8. The first kappa shape index (κ1) is 66.2. The monoisotopic (exact) mass is 1400 g/mol. The highest BCUT2D eigenvalue weighted by molar-refractivity contribution is 7.58. The molecule has 0 amide bonds. The minimum atomic E-state index is -1.58. The predicted molar refractivity (Wildman–Crippen MR) is 402 cm³/mol. The number of carbonyl (C=O) groups is 2. The number of anilines is 6. The maximum Gasteiger partial charge on any atom is 0.423 e. The van der Waals surface area contributed by atoms with Gasteiger partial charge >= 0.3 is 11.9 Å². The molecule has 0 unspecified atom stereocenters. The van der Waals surface area contributed by atoms with Crippen molar-refractivity contribution >= 4 is 125 Å². The number of carbonyl (C=O) groups excluding carboxylic acids is 2. The number of unbranched alkanes of at least 4 members (excludes halogenated alkanes) is 6. The van der Waals surface area contributed by atoms with Crippen molar-refractivity contribution in [2.45, 2.75) is 84.7 Å². The third-order valence-electron chi connectivity index (χ3n) is 17.5. The Balaban J connectivity index is 0.744. The Morgan fingerprint density at radius 3 is 1.44 bits per heavy atom. The summed E-state index contributed by atoms with van der Waals surface area (Å²) < 4.78 is 37.1. The van der Waals surface area contributed by atoms with E-state index < -0.39 is 57.3 Å². The molecule has 4 N–H and O–H groups in total. The van der Waals surface area contributed by atoms with Gasteiger partial charge in [0, 0.05) is 71.3 Å². The van der Waals surface area contributed by atoms with Crippen LogP contribution < -0.4 is 20.0 Å². The summed E-state index contributed by atoms with van der Waals surface area (Å²) in [5.74, 6) is -6.48. The molecule has 0 aliphatic carbocycles. The summed E-state index contributed by atoms with van der Waals surface area (Å²) >= 11 is 6.03. The van der Waals surface area contributed by atoms with Crippen LogP contribution in [0.25, 0.3) is 75.1 Å². The third kappa shape index (κ3) is 13.7. The first-order valence-corrected chi connectivity index (χ1v) is 36.2. The number of esters is 2. The molecule has 500 valence electrons. The minimum absolute atomic E-state index is 0.0433. The molecule has 0 saturated heterocycles. The molecule has 20 heteroatoms. The summed E-state index contributed by atoms with van der Waals surface area (Å²) in [6.45, 7) is 4.14. The second-order valence-corrected chi connectivity index (χ2v) is 27.4. The van der Waals surface area contributed by atoms with Gasteiger partial charge in [-0.3, -0.25) is 4.79 Å². The lowest BCUT2D eigenvalue weighted by molar-refractivity contribution is -0.163. The Morgan fingerprint density at radius 1 is 0.490 bits per heavy atom. The lowest BCUT2D eigenvalue weighted by atomic mass is 9.95. The number of hydrogen-bond donors (Lipinski definition) is 4. The fourth-order valence-electron chi connectivity index (χ4n) is 12.6. The van der Waals surface area contributed by atoms with E-state index >= 15 is 0 Å². The van der Waals surface area contributed by atoms with Gasteiger partial charge < -0.3 is 44.1 Å². The number of hydrogen-bond acceptors (Lipinski definition) is 19. The second-order valence-electron chi connectivity index (χ2n) is 24.3. The highest BCUT2D eigenvalue weighted by atomic mass is 32.1. The number of thiophene rings is 2. The zero-order valence-electron chi connectivity index (χ0n) is 54.5. The van der Waals surface area contributed by atoms with Crippen LogP contribution in [0.2, 0.25) is 0 Å². The molecule has 14 rings (SSSR count). The van der Waals surface area contributed by atoms with Crippen molar-refractivity contribution in [3.8, 4) is 81.8 Å². The minimum Gasteiger partial charge on any atom is -0.508 e. The van der Waals surface area contributed by atoms with Crippen LogP contribution in [0.5, 0.6) is 28.7 Å². The average Bonchev–Trinajstić information content (AvgIpc) is 1.54. The molecule has 100 heavy (non-hydrogen) atoms.